The first-order valence-electron chi connectivity index (χ1n) is 7.84. The first kappa shape index (κ1) is 18.1. The topological polar surface area (TPSA) is 64.0 Å². The van der Waals surface area contributed by atoms with Crippen molar-refractivity contribution < 1.29 is 17.2 Å². The van der Waals surface area contributed by atoms with Gasteiger partial charge in [-0.05, 0) is 38.1 Å². The Morgan fingerprint density at radius 1 is 1.08 bits per heavy atom. The van der Waals surface area contributed by atoms with E-state index in [2.05, 4.69) is 9.82 Å². The second kappa shape index (κ2) is 6.87. The van der Waals surface area contributed by atoms with Gasteiger partial charge in [-0.3, -0.25) is 9.40 Å². The number of anilines is 1. The highest BCUT2D eigenvalue weighted by atomic mass is 32.2. The summed E-state index contributed by atoms with van der Waals surface area (Å²) in [6, 6.07) is 11.1. The van der Waals surface area contributed by atoms with E-state index in [1.54, 1.807) is 32.0 Å². The molecule has 0 saturated heterocycles. The average Bonchev–Trinajstić information content (AvgIpc) is 2.84. The van der Waals surface area contributed by atoms with Gasteiger partial charge >= 0.3 is 0 Å². The Hall–Kier alpha value is -2.74. The first-order chi connectivity index (χ1) is 12.3. The largest absolute Gasteiger partial charge is 0.276 e. The molecule has 0 bridgehead atoms. The molecule has 5 nitrogen and oxygen atoms in total. The summed E-state index contributed by atoms with van der Waals surface area (Å²) < 4.78 is 56.2. The van der Waals surface area contributed by atoms with Gasteiger partial charge in [0.25, 0.3) is 10.0 Å². The zero-order chi connectivity index (χ0) is 18.9. The minimum absolute atomic E-state index is 0.168. The van der Waals surface area contributed by atoms with Crippen molar-refractivity contribution in [3.63, 3.8) is 0 Å². The van der Waals surface area contributed by atoms with E-state index in [0.717, 1.165) is 6.07 Å². The average molecular weight is 377 g/mol. The Bertz CT molecular complexity index is 1060. The number of benzene rings is 2. The van der Waals surface area contributed by atoms with Crippen LogP contribution in [0.15, 0.2) is 53.4 Å². The molecule has 0 aliphatic heterocycles. The summed E-state index contributed by atoms with van der Waals surface area (Å²) in [5, 5.41) is 4.29. The lowest BCUT2D eigenvalue weighted by molar-refractivity contribution is 0.578. The fraction of sp³-hybridized carbons (Fsp3) is 0.167. The number of rotatable bonds is 5. The summed E-state index contributed by atoms with van der Waals surface area (Å²) >= 11 is 0. The van der Waals surface area contributed by atoms with Gasteiger partial charge in [-0.15, -0.1) is 0 Å². The van der Waals surface area contributed by atoms with Crippen LogP contribution in [0.2, 0.25) is 0 Å². The molecule has 0 unspecified atom stereocenters. The van der Waals surface area contributed by atoms with Crippen molar-refractivity contribution in [2.45, 2.75) is 25.3 Å². The predicted molar refractivity (Wildman–Crippen MR) is 94.4 cm³/mol. The van der Waals surface area contributed by atoms with Crippen LogP contribution in [0.25, 0.3) is 0 Å². The molecular weight excluding hydrogens is 360 g/mol. The quantitative estimate of drug-likeness (QED) is 0.739. The lowest BCUT2D eigenvalue weighted by Crippen LogP contribution is -2.14. The molecule has 1 N–H and O–H groups in total. The van der Waals surface area contributed by atoms with Gasteiger partial charge in [0, 0.05) is 5.56 Å². The van der Waals surface area contributed by atoms with Gasteiger partial charge in [-0.2, -0.15) is 5.10 Å². The van der Waals surface area contributed by atoms with Gasteiger partial charge in [-0.25, -0.2) is 17.2 Å². The normalized spacial score (nSPS) is 11.5. The molecule has 0 aliphatic rings. The highest BCUT2D eigenvalue weighted by Gasteiger charge is 2.20. The summed E-state index contributed by atoms with van der Waals surface area (Å²) in [5.74, 6) is -1.00. The van der Waals surface area contributed by atoms with Crippen LogP contribution in [0, 0.1) is 25.5 Å². The van der Waals surface area contributed by atoms with Crippen LogP contribution < -0.4 is 4.72 Å². The van der Waals surface area contributed by atoms with Crippen LogP contribution in [-0.4, -0.2) is 18.2 Å². The van der Waals surface area contributed by atoms with Crippen LogP contribution in [0.5, 0.6) is 0 Å². The van der Waals surface area contributed by atoms with E-state index in [0.29, 0.717) is 22.6 Å². The van der Waals surface area contributed by atoms with Crippen molar-refractivity contribution in [2.75, 3.05) is 4.72 Å². The third-order valence-electron chi connectivity index (χ3n) is 4.00. The monoisotopic (exact) mass is 377 g/mol. The molecular formula is C18H17F2N3O2S. The summed E-state index contributed by atoms with van der Waals surface area (Å²) in [6.45, 7) is 3.50. The first-order valence-corrected chi connectivity index (χ1v) is 9.32. The lowest BCUT2D eigenvalue weighted by atomic mass is 10.2. The summed E-state index contributed by atoms with van der Waals surface area (Å²) in [7, 11) is -3.97. The zero-order valence-corrected chi connectivity index (χ0v) is 15.0. The predicted octanol–water partition coefficient (Wildman–Crippen LogP) is 3.63. The lowest BCUT2D eigenvalue weighted by Gasteiger charge is -2.09. The summed E-state index contributed by atoms with van der Waals surface area (Å²) in [5.41, 5.74) is 1.72. The van der Waals surface area contributed by atoms with Gasteiger partial charge in [-0.1, -0.05) is 24.3 Å². The van der Waals surface area contributed by atoms with Gasteiger partial charge in [0.05, 0.1) is 28.5 Å². The maximum atomic E-state index is 13.9. The second-order valence-electron chi connectivity index (χ2n) is 5.86. The van der Waals surface area contributed by atoms with Crippen molar-refractivity contribution in [2.24, 2.45) is 0 Å². The maximum Gasteiger partial charge on any atom is 0.262 e. The maximum absolute atomic E-state index is 13.9. The Balaban J connectivity index is 1.92. The number of hydrogen-bond acceptors (Lipinski definition) is 3. The standard InChI is InChI=1S/C18H17F2N3O2S/c1-12-18(22-26(24,25)16-8-5-7-15(19)10-16)13(2)23(21-12)11-14-6-3-4-9-17(14)20/h3-10,22H,11H2,1-2H3. The molecule has 26 heavy (non-hydrogen) atoms. The second-order valence-corrected chi connectivity index (χ2v) is 7.54. The van der Waals surface area contributed by atoms with Crippen molar-refractivity contribution in [1.29, 1.82) is 0 Å². The SMILES string of the molecule is Cc1nn(Cc2ccccc2F)c(C)c1NS(=O)(=O)c1cccc(F)c1. The molecule has 0 spiro atoms. The van der Waals surface area contributed by atoms with E-state index >= 15 is 0 Å². The Labute approximate surface area is 150 Å². The molecule has 0 saturated carbocycles. The number of hydrogen-bond donors (Lipinski definition) is 1. The molecule has 1 aromatic heterocycles. The van der Waals surface area contributed by atoms with Crippen LogP contribution >= 0.6 is 0 Å². The zero-order valence-electron chi connectivity index (χ0n) is 14.2. The van der Waals surface area contributed by atoms with E-state index in [-0.39, 0.29) is 17.3 Å². The molecule has 0 amide bonds. The third-order valence-corrected chi connectivity index (χ3v) is 5.35. The van der Waals surface area contributed by atoms with Crippen LogP contribution in [-0.2, 0) is 16.6 Å². The fourth-order valence-electron chi connectivity index (χ4n) is 2.61. The van der Waals surface area contributed by atoms with Crippen molar-refractivity contribution in [3.05, 3.63) is 77.1 Å². The van der Waals surface area contributed by atoms with Gasteiger partial charge in [0.2, 0.25) is 0 Å². The molecule has 8 heteroatoms. The minimum atomic E-state index is -3.97. The van der Waals surface area contributed by atoms with E-state index in [1.807, 2.05) is 0 Å². The number of sulfonamides is 1. The molecule has 0 radical (unpaired) electrons. The van der Waals surface area contributed by atoms with Gasteiger partial charge in [0.1, 0.15) is 11.6 Å². The highest BCUT2D eigenvalue weighted by Crippen LogP contribution is 2.24. The number of aryl methyl sites for hydroxylation is 1. The molecule has 0 atom stereocenters. The van der Waals surface area contributed by atoms with E-state index in [9.17, 15) is 17.2 Å². The fourth-order valence-corrected chi connectivity index (χ4v) is 3.82. The van der Waals surface area contributed by atoms with Crippen molar-refractivity contribution in [1.82, 2.24) is 9.78 Å². The van der Waals surface area contributed by atoms with E-state index in [1.165, 1.54) is 28.9 Å². The van der Waals surface area contributed by atoms with Crippen molar-refractivity contribution in [3.8, 4) is 0 Å². The minimum Gasteiger partial charge on any atom is -0.276 e. The van der Waals surface area contributed by atoms with Crippen LogP contribution in [0.1, 0.15) is 17.0 Å². The molecule has 136 valence electrons. The molecule has 1 heterocycles. The molecule has 2 aromatic carbocycles. The molecule has 3 rings (SSSR count). The smallest absolute Gasteiger partial charge is 0.262 e. The number of nitrogens with zero attached hydrogens (tertiary/aromatic N) is 2. The van der Waals surface area contributed by atoms with Gasteiger partial charge in [0.15, 0.2) is 0 Å². The summed E-state index contributed by atoms with van der Waals surface area (Å²) in [4.78, 5) is -0.182. The van der Waals surface area contributed by atoms with Crippen molar-refractivity contribution >= 4 is 15.7 Å². The van der Waals surface area contributed by atoms with Gasteiger partial charge < -0.3 is 0 Å². The number of halogens is 2. The van der Waals surface area contributed by atoms with E-state index < -0.39 is 15.8 Å². The molecule has 0 fully saturated rings. The highest BCUT2D eigenvalue weighted by molar-refractivity contribution is 7.92. The van der Waals surface area contributed by atoms with E-state index in [4.69, 9.17) is 0 Å². The number of nitrogens with one attached hydrogen (secondary N) is 1. The Kier molecular flexibility index (Phi) is 4.78. The third kappa shape index (κ3) is 3.60. The number of aromatic nitrogens is 2. The molecule has 3 aromatic rings. The Morgan fingerprint density at radius 3 is 2.50 bits per heavy atom. The van der Waals surface area contributed by atoms with Crippen LogP contribution in [0.4, 0.5) is 14.5 Å². The Morgan fingerprint density at radius 2 is 1.81 bits per heavy atom. The molecule has 0 aliphatic carbocycles. The van der Waals surface area contributed by atoms with Crippen LogP contribution in [0.3, 0.4) is 0 Å². The summed E-state index contributed by atoms with van der Waals surface area (Å²) in [6.07, 6.45) is 0.